The maximum atomic E-state index is 6.15. The molecule has 1 aliphatic rings. The zero-order valence-corrected chi connectivity index (χ0v) is 12.1. The Balaban J connectivity index is 1.81. The molecule has 1 aromatic carbocycles. The molecule has 2 rings (SSSR count). The van der Waals surface area contributed by atoms with Crippen LogP contribution < -0.4 is 5.32 Å². The van der Waals surface area contributed by atoms with Crippen LogP contribution in [0.15, 0.2) is 34.8 Å². The third-order valence-electron chi connectivity index (χ3n) is 3.13. The lowest BCUT2D eigenvalue weighted by Crippen LogP contribution is -2.23. The molecule has 1 aromatic rings. The molecule has 0 bridgehead atoms. The monoisotopic (exact) mass is 313 g/mol. The van der Waals surface area contributed by atoms with Crippen LogP contribution in [0.3, 0.4) is 0 Å². The first-order valence-corrected chi connectivity index (χ1v) is 7.22. The van der Waals surface area contributed by atoms with Gasteiger partial charge in [-0.2, -0.15) is 0 Å². The molecule has 92 valence electrons. The number of hydrogen-bond donors (Lipinski definition) is 1. The minimum absolute atomic E-state index is 0.783. The highest BCUT2D eigenvalue weighted by atomic mass is 79.9. The van der Waals surface area contributed by atoms with Crippen LogP contribution in [-0.2, 0) is 6.54 Å². The van der Waals surface area contributed by atoms with Crippen LogP contribution in [0.4, 0.5) is 0 Å². The fourth-order valence-electron chi connectivity index (χ4n) is 2.13. The van der Waals surface area contributed by atoms with Crippen molar-refractivity contribution < 1.29 is 0 Å². The second-order valence-electron chi connectivity index (χ2n) is 4.52. The first-order chi connectivity index (χ1) is 8.25. The van der Waals surface area contributed by atoms with E-state index >= 15 is 0 Å². The molecular weight excluding hydrogens is 298 g/mol. The molecule has 17 heavy (non-hydrogen) atoms. The van der Waals surface area contributed by atoms with E-state index in [1.54, 1.807) is 0 Å². The average molecular weight is 315 g/mol. The summed E-state index contributed by atoms with van der Waals surface area (Å²) in [5, 5.41) is 4.34. The first kappa shape index (κ1) is 13.1. The van der Waals surface area contributed by atoms with E-state index in [9.17, 15) is 0 Å². The Bertz CT molecular complexity index is 403. The molecule has 0 aromatic heterocycles. The second kappa shape index (κ2) is 6.58. The van der Waals surface area contributed by atoms with E-state index < -0.39 is 0 Å². The molecular formula is C14H17BrClN. The molecule has 0 saturated heterocycles. The van der Waals surface area contributed by atoms with E-state index in [1.807, 2.05) is 12.1 Å². The van der Waals surface area contributed by atoms with Crippen molar-refractivity contribution in [2.75, 3.05) is 6.54 Å². The topological polar surface area (TPSA) is 12.0 Å². The summed E-state index contributed by atoms with van der Waals surface area (Å²) in [6, 6.07) is 5.99. The number of nitrogens with one attached hydrogen (secondary N) is 1. The van der Waals surface area contributed by atoms with Gasteiger partial charge in [0.1, 0.15) is 0 Å². The van der Waals surface area contributed by atoms with Gasteiger partial charge in [-0.15, -0.1) is 0 Å². The van der Waals surface area contributed by atoms with Crippen molar-refractivity contribution in [1.82, 2.24) is 5.32 Å². The van der Waals surface area contributed by atoms with E-state index in [0.29, 0.717) is 0 Å². The summed E-state index contributed by atoms with van der Waals surface area (Å²) in [5.41, 5.74) is 1.16. The fraction of sp³-hybridized carbons (Fsp3) is 0.429. The summed E-state index contributed by atoms with van der Waals surface area (Å²) in [7, 11) is 0. The van der Waals surface area contributed by atoms with Crippen LogP contribution in [0.25, 0.3) is 0 Å². The van der Waals surface area contributed by atoms with Gasteiger partial charge in [0, 0.05) is 16.0 Å². The molecule has 1 aliphatic carbocycles. The second-order valence-corrected chi connectivity index (χ2v) is 5.84. The van der Waals surface area contributed by atoms with Gasteiger partial charge in [0.25, 0.3) is 0 Å². The minimum atomic E-state index is 0.783. The van der Waals surface area contributed by atoms with Crippen molar-refractivity contribution in [3.05, 3.63) is 45.4 Å². The van der Waals surface area contributed by atoms with E-state index in [-0.39, 0.29) is 0 Å². The SMILES string of the molecule is Clc1ccc(Br)cc1CNCC1CC=CCC1. The third-order valence-corrected chi connectivity index (χ3v) is 4.00. The summed E-state index contributed by atoms with van der Waals surface area (Å²) in [6.07, 6.45) is 8.31. The lowest BCUT2D eigenvalue weighted by atomic mass is 9.94. The van der Waals surface area contributed by atoms with Crippen molar-refractivity contribution in [1.29, 1.82) is 0 Å². The number of hydrogen-bond acceptors (Lipinski definition) is 1. The Hall–Kier alpha value is -0.310. The molecule has 0 spiro atoms. The Kier molecular flexibility index (Phi) is 5.08. The standard InChI is InChI=1S/C14H17BrClN/c15-13-6-7-14(16)12(8-13)10-17-9-11-4-2-1-3-5-11/h1-2,6-8,11,17H,3-5,9-10H2. The Morgan fingerprint density at radius 3 is 3.00 bits per heavy atom. The molecule has 0 fully saturated rings. The van der Waals surface area contributed by atoms with Crippen LogP contribution >= 0.6 is 27.5 Å². The summed E-state index contributed by atoms with van der Waals surface area (Å²) >= 11 is 9.61. The van der Waals surface area contributed by atoms with Gasteiger partial charge in [0.05, 0.1) is 0 Å². The van der Waals surface area contributed by atoms with Gasteiger partial charge in [-0.05, 0) is 55.5 Å². The quantitative estimate of drug-likeness (QED) is 0.804. The number of halogens is 2. The van der Waals surface area contributed by atoms with Crippen molar-refractivity contribution >= 4 is 27.5 Å². The summed E-state index contributed by atoms with van der Waals surface area (Å²) in [4.78, 5) is 0. The highest BCUT2D eigenvalue weighted by Crippen LogP contribution is 2.21. The van der Waals surface area contributed by atoms with Gasteiger partial charge in [0.15, 0.2) is 0 Å². The predicted octanol–water partition coefficient (Wildman–Crippen LogP) is 4.55. The molecule has 1 unspecified atom stereocenters. The van der Waals surface area contributed by atoms with Gasteiger partial charge < -0.3 is 5.32 Å². The number of allylic oxidation sites excluding steroid dienone is 2. The van der Waals surface area contributed by atoms with Crippen LogP contribution in [0.5, 0.6) is 0 Å². The smallest absolute Gasteiger partial charge is 0.0451 e. The Morgan fingerprint density at radius 1 is 1.35 bits per heavy atom. The van der Waals surface area contributed by atoms with E-state index in [1.165, 1.54) is 19.3 Å². The van der Waals surface area contributed by atoms with E-state index in [2.05, 4.69) is 39.5 Å². The van der Waals surface area contributed by atoms with Crippen LogP contribution in [0, 0.1) is 5.92 Å². The lowest BCUT2D eigenvalue weighted by molar-refractivity contribution is 0.440. The van der Waals surface area contributed by atoms with Gasteiger partial charge in [-0.1, -0.05) is 39.7 Å². The van der Waals surface area contributed by atoms with E-state index in [4.69, 9.17) is 11.6 Å². The van der Waals surface area contributed by atoms with Gasteiger partial charge in [-0.25, -0.2) is 0 Å². The number of benzene rings is 1. The van der Waals surface area contributed by atoms with Crippen molar-refractivity contribution in [2.24, 2.45) is 5.92 Å². The minimum Gasteiger partial charge on any atom is -0.312 e. The van der Waals surface area contributed by atoms with Gasteiger partial charge in [-0.3, -0.25) is 0 Å². The molecule has 0 radical (unpaired) electrons. The maximum Gasteiger partial charge on any atom is 0.0451 e. The fourth-order valence-corrected chi connectivity index (χ4v) is 2.72. The highest BCUT2D eigenvalue weighted by molar-refractivity contribution is 9.10. The largest absolute Gasteiger partial charge is 0.312 e. The number of rotatable bonds is 4. The van der Waals surface area contributed by atoms with Crippen molar-refractivity contribution in [2.45, 2.75) is 25.8 Å². The zero-order valence-electron chi connectivity index (χ0n) is 9.76. The van der Waals surface area contributed by atoms with Gasteiger partial charge in [0.2, 0.25) is 0 Å². The predicted molar refractivity (Wildman–Crippen MR) is 77.3 cm³/mol. The molecule has 1 atom stereocenters. The Morgan fingerprint density at radius 2 is 2.24 bits per heavy atom. The zero-order chi connectivity index (χ0) is 12.1. The summed E-state index contributed by atoms with van der Waals surface area (Å²) in [6.45, 7) is 1.92. The van der Waals surface area contributed by atoms with Crippen LogP contribution in [0.2, 0.25) is 5.02 Å². The van der Waals surface area contributed by atoms with Crippen LogP contribution in [0.1, 0.15) is 24.8 Å². The average Bonchev–Trinajstić information content (AvgIpc) is 2.35. The molecule has 0 amide bonds. The van der Waals surface area contributed by atoms with Crippen LogP contribution in [-0.4, -0.2) is 6.54 Å². The lowest BCUT2D eigenvalue weighted by Gasteiger charge is -2.18. The Labute approximate surface area is 116 Å². The summed E-state index contributed by atoms with van der Waals surface area (Å²) < 4.78 is 1.08. The molecule has 0 heterocycles. The summed E-state index contributed by atoms with van der Waals surface area (Å²) in [5.74, 6) is 0.783. The molecule has 3 heteroatoms. The molecule has 0 aliphatic heterocycles. The van der Waals surface area contributed by atoms with Gasteiger partial charge >= 0.3 is 0 Å². The maximum absolute atomic E-state index is 6.15. The molecule has 0 saturated carbocycles. The normalized spacial score (nSPS) is 19.5. The van der Waals surface area contributed by atoms with E-state index in [0.717, 1.165) is 34.1 Å². The molecule has 1 nitrogen and oxygen atoms in total. The first-order valence-electron chi connectivity index (χ1n) is 6.05. The highest BCUT2D eigenvalue weighted by Gasteiger charge is 2.09. The van der Waals surface area contributed by atoms with Crippen molar-refractivity contribution in [3.8, 4) is 0 Å². The third kappa shape index (κ3) is 4.13. The van der Waals surface area contributed by atoms with Crippen molar-refractivity contribution in [3.63, 3.8) is 0 Å². The molecule has 1 N–H and O–H groups in total.